The molecule has 0 fully saturated rings. The third kappa shape index (κ3) is 4.37. The molecule has 2 N–H and O–H groups in total. The number of carbonyl (C=O) groups is 1. The molecular formula is C28H28N4O3. The third-order valence-corrected chi connectivity index (χ3v) is 6.33. The maximum Gasteiger partial charge on any atom is 0.337 e. The van der Waals surface area contributed by atoms with Crippen LogP contribution in [0.1, 0.15) is 52.5 Å². The number of aryl methyl sites for hydroxylation is 1. The van der Waals surface area contributed by atoms with Crippen molar-refractivity contribution >= 4 is 28.5 Å². The Hall–Kier alpha value is -4.13. The summed E-state index contributed by atoms with van der Waals surface area (Å²) >= 11 is 0. The summed E-state index contributed by atoms with van der Waals surface area (Å²) in [6, 6.07) is 19.3. The van der Waals surface area contributed by atoms with Crippen LogP contribution in [-0.2, 0) is 13.1 Å². The monoisotopic (exact) mass is 468 g/mol. The number of hydrogen-bond acceptors (Lipinski definition) is 6. The van der Waals surface area contributed by atoms with Crippen LogP contribution in [0.2, 0.25) is 0 Å². The summed E-state index contributed by atoms with van der Waals surface area (Å²) in [6.07, 6.45) is 0. The van der Waals surface area contributed by atoms with Gasteiger partial charge < -0.3 is 20.1 Å². The van der Waals surface area contributed by atoms with Crippen LogP contribution in [0.5, 0.6) is 5.88 Å². The standard InChI is InChI=1S/C28H28N4O3/c1-4-35-26-23-14-17(2)13-22(18(3)29-24-12-8-7-11-21(24)27(33)34)25(23)30-28(31-26)32-15-19-9-5-6-10-20(19)16-32/h5-14,18,29H,4,15-16H2,1-3H3,(H,33,34). The molecule has 35 heavy (non-hydrogen) atoms. The highest BCUT2D eigenvalue weighted by Crippen LogP contribution is 2.35. The predicted octanol–water partition coefficient (Wildman–Crippen LogP) is 5.73. The smallest absolute Gasteiger partial charge is 0.337 e. The number of aromatic nitrogens is 2. The highest BCUT2D eigenvalue weighted by molar-refractivity contribution is 5.94. The van der Waals surface area contributed by atoms with E-state index in [1.807, 2.05) is 32.9 Å². The van der Waals surface area contributed by atoms with Crippen molar-refractivity contribution in [2.45, 2.75) is 39.9 Å². The molecule has 7 nitrogen and oxygen atoms in total. The van der Waals surface area contributed by atoms with Crippen molar-refractivity contribution in [3.63, 3.8) is 0 Å². The topological polar surface area (TPSA) is 87.6 Å². The number of rotatable bonds is 7. The van der Waals surface area contributed by atoms with E-state index in [2.05, 4.69) is 40.5 Å². The normalized spacial score (nSPS) is 13.5. The summed E-state index contributed by atoms with van der Waals surface area (Å²) in [5.41, 5.74) is 6.16. The summed E-state index contributed by atoms with van der Waals surface area (Å²) in [6.45, 7) is 7.97. The van der Waals surface area contributed by atoms with Gasteiger partial charge in [-0.25, -0.2) is 9.78 Å². The minimum Gasteiger partial charge on any atom is -0.478 e. The van der Waals surface area contributed by atoms with Gasteiger partial charge in [-0.3, -0.25) is 0 Å². The van der Waals surface area contributed by atoms with Crippen LogP contribution >= 0.6 is 0 Å². The van der Waals surface area contributed by atoms with E-state index in [0.717, 1.165) is 35.1 Å². The number of aromatic carboxylic acids is 1. The van der Waals surface area contributed by atoms with Gasteiger partial charge in [-0.05, 0) is 55.7 Å². The number of ether oxygens (including phenoxy) is 1. The van der Waals surface area contributed by atoms with E-state index >= 15 is 0 Å². The van der Waals surface area contributed by atoms with Gasteiger partial charge >= 0.3 is 5.97 Å². The van der Waals surface area contributed by atoms with Crippen molar-refractivity contribution in [1.29, 1.82) is 0 Å². The van der Waals surface area contributed by atoms with Gasteiger partial charge in [-0.15, -0.1) is 0 Å². The number of hydrogen-bond donors (Lipinski definition) is 2. The van der Waals surface area contributed by atoms with Crippen LogP contribution < -0.4 is 15.0 Å². The molecule has 1 aliphatic rings. The Kier molecular flexibility index (Phi) is 5.99. The first-order valence-corrected chi connectivity index (χ1v) is 11.8. The fourth-order valence-corrected chi connectivity index (χ4v) is 4.67. The number of nitrogens with one attached hydrogen (secondary N) is 1. The molecule has 0 bridgehead atoms. The van der Waals surface area contributed by atoms with E-state index in [0.29, 0.717) is 24.1 Å². The Morgan fingerprint density at radius 2 is 1.77 bits per heavy atom. The van der Waals surface area contributed by atoms with Crippen molar-refractivity contribution in [3.8, 4) is 5.88 Å². The largest absolute Gasteiger partial charge is 0.478 e. The van der Waals surface area contributed by atoms with E-state index in [9.17, 15) is 9.90 Å². The molecule has 1 aromatic heterocycles. The van der Waals surface area contributed by atoms with Gasteiger partial charge in [0.1, 0.15) is 0 Å². The van der Waals surface area contributed by atoms with Gasteiger partial charge in [0.2, 0.25) is 11.8 Å². The van der Waals surface area contributed by atoms with Crippen molar-refractivity contribution in [2.24, 2.45) is 0 Å². The Morgan fingerprint density at radius 3 is 2.46 bits per heavy atom. The molecule has 0 radical (unpaired) electrons. The Morgan fingerprint density at radius 1 is 1.09 bits per heavy atom. The zero-order valence-electron chi connectivity index (χ0n) is 20.1. The number of carboxylic acids is 1. The average molecular weight is 469 g/mol. The van der Waals surface area contributed by atoms with Gasteiger partial charge in [0.05, 0.1) is 29.1 Å². The van der Waals surface area contributed by atoms with Crippen LogP contribution in [0.25, 0.3) is 10.9 Å². The highest BCUT2D eigenvalue weighted by atomic mass is 16.5. The number of benzene rings is 3. The molecule has 1 unspecified atom stereocenters. The Bertz CT molecular complexity index is 1390. The highest BCUT2D eigenvalue weighted by Gasteiger charge is 2.24. The molecule has 1 aliphatic heterocycles. The van der Waals surface area contributed by atoms with Crippen LogP contribution in [0.15, 0.2) is 60.7 Å². The van der Waals surface area contributed by atoms with E-state index < -0.39 is 5.97 Å². The minimum absolute atomic E-state index is 0.203. The summed E-state index contributed by atoms with van der Waals surface area (Å²) < 4.78 is 5.98. The van der Waals surface area contributed by atoms with E-state index in [4.69, 9.17) is 14.7 Å². The van der Waals surface area contributed by atoms with Crippen LogP contribution in [0.4, 0.5) is 11.6 Å². The number of para-hydroxylation sites is 1. The second-order valence-electron chi connectivity index (χ2n) is 8.85. The lowest BCUT2D eigenvalue weighted by atomic mass is 10.0. The molecule has 4 aromatic rings. The maximum absolute atomic E-state index is 11.7. The zero-order valence-corrected chi connectivity index (χ0v) is 20.1. The SMILES string of the molecule is CCOc1nc(N2Cc3ccccc3C2)nc2c(C(C)Nc3ccccc3C(=O)O)cc(C)cc12. The van der Waals surface area contributed by atoms with E-state index in [1.165, 1.54) is 11.1 Å². The van der Waals surface area contributed by atoms with Crippen molar-refractivity contribution in [2.75, 3.05) is 16.8 Å². The number of carboxylic acid groups (broad SMARTS) is 1. The van der Waals surface area contributed by atoms with Crippen LogP contribution in [-0.4, -0.2) is 27.7 Å². The second kappa shape index (κ2) is 9.25. The first-order chi connectivity index (χ1) is 16.9. The molecule has 0 saturated carbocycles. The fraction of sp³-hybridized carbons (Fsp3) is 0.250. The van der Waals surface area contributed by atoms with Crippen molar-refractivity contribution in [3.05, 3.63) is 88.5 Å². The number of nitrogens with zero attached hydrogens (tertiary/aromatic N) is 3. The zero-order chi connectivity index (χ0) is 24.5. The summed E-state index contributed by atoms with van der Waals surface area (Å²) in [4.78, 5) is 23.7. The lowest BCUT2D eigenvalue weighted by Gasteiger charge is -2.22. The summed E-state index contributed by atoms with van der Waals surface area (Å²) in [7, 11) is 0. The molecule has 0 spiro atoms. The molecule has 3 aromatic carbocycles. The number of fused-ring (bicyclic) bond motifs is 2. The van der Waals surface area contributed by atoms with Gasteiger partial charge in [-0.1, -0.05) is 42.5 Å². The predicted molar refractivity (Wildman–Crippen MR) is 137 cm³/mol. The molecule has 5 rings (SSSR count). The average Bonchev–Trinajstić information content (AvgIpc) is 3.28. The molecule has 0 aliphatic carbocycles. The third-order valence-electron chi connectivity index (χ3n) is 6.33. The van der Waals surface area contributed by atoms with Gasteiger partial charge in [0.15, 0.2) is 0 Å². The Balaban J connectivity index is 1.59. The number of anilines is 2. The quantitative estimate of drug-likeness (QED) is 0.358. The molecule has 178 valence electrons. The van der Waals surface area contributed by atoms with Gasteiger partial charge in [0.25, 0.3) is 0 Å². The second-order valence-corrected chi connectivity index (χ2v) is 8.85. The van der Waals surface area contributed by atoms with Gasteiger partial charge in [0, 0.05) is 24.3 Å². The molecule has 2 heterocycles. The molecule has 0 saturated heterocycles. The lowest BCUT2D eigenvalue weighted by Crippen LogP contribution is -2.19. The summed E-state index contributed by atoms with van der Waals surface area (Å²) in [5, 5.41) is 13.8. The van der Waals surface area contributed by atoms with Crippen LogP contribution in [0.3, 0.4) is 0 Å². The van der Waals surface area contributed by atoms with Gasteiger partial charge in [-0.2, -0.15) is 4.98 Å². The fourth-order valence-electron chi connectivity index (χ4n) is 4.67. The van der Waals surface area contributed by atoms with E-state index in [-0.39, 0.29) is 11.6 Å². The van der Waals surface area contributed by atoms with E-state index in [1.54, 1.807) is 18.2 Å². The van der Waals surface area contributed by atoms with Crippen LogP contribution in [0, 0.1) is 6.92 Å². The van der Waals surface area contributed by atoms with Crippen molar-refractivity contribution in [1.82, 2.24) is 9.97 Å². The molecule has 0 amide bonds. The first kappa shape index (κ1) is 22.7. The lowest BCUT2D eigenvalue weighted by molar-refractivity contribution is 0.0698. The summed E-state index contributed by atoms with van der Waals surface area (Å²) in [5.74, 6) is 0.221. The first-order valence-electron chi connectivity index (χ1n) is 11.8. The molecule has 7 heteroatoms. The minimum atomic E-state index is -0.966. The Labute approximate surface area is 204 Å². The molecule has 1 atom stereocenters. The molecular weight excluding hydrogens is 440 g/mol. The van der Waals surface area contributed by atoms with Crippen molar-refractivity contribution < 1.29 is 14.6 Å². The maximum atomic E-state index is 11.7.